The number of carbonyl (C=O) groups is 1. The lowest BCUT2D eigenvalue weighted by Gasteiger charge is -2.18. The minimum Gasteiger partial charge on any atom is -0.467 e. The van der Waals surface area contributed by atoms with Crippen molar-refractivity contribution in [2.24, 2.45) is 0 Å². The van der Waals surface area contributed by atoms with Gasteiger partial charge in [0.05, 0.1) is 17.9 Å². The Balaban J connectivity index is 1.80. The first-order valence-corrected chi connectivity index (χ1v) is 5.89. The number of benzene rings is 1. The third kappa shape index (κ3) is 2.30. The molecular formula is C13H13N3O3. The van der Waals surface area contributed by atoms with Crippen LogP contribution in [0.3, 0.4) is 0 Å². The van der Waals surface area contributed by atoms with Crippen LogP contribution in [-0.2, 0) is 11.3 Å². The zero-order valence-electron chi connectivity index (χ0n) is 10.4. The van der Waals surface area contributed by atoms with Gasteiger partial charge in [-0.15, -0.1) is 0 Å². The first-order chi connectivity index (χ1) is 9.24. The van der Waals surface area contributed by atoms with Gasteiger partial charge in [-0.25, -0.2) is 0 Å². The first kappa shape index (κ1) is 11.7. The van der Waals surface area contributed by atoms with Gasteiger partial charge in [0.15, 0.2) is 6.79 Å². The maximum absolute atomic E-state index is 12.0. The van der Waals surface area contributed by atoms with E-state index in [0.717, 1.165) is 11.3 Å². The molecule has 3 rings (SSSR count). The van der Waals surface area contributed by atoms with Crippen molar-refractivity contribution in [3.63, 3.8) is 0 Å². The van der Waals surface area contributed by atoms with E-state index in [9.17, 15) is 4.79 Å². The highest BCUT2D eigenvalue weighted by atomic mass is 16.7. The summed E-state index contributed by atoms with van der Waals surface area (Å²) in [5.41, 5.74) is 2.83. The average Bonchev–Trinajstić information content (AvgIpc) is 2.85. The Morgan fingerprint density at radius 1 is 1.47 bits per heavy atom. The van der Waals surface area contributed by atoms with Gasteiger partial charge in [0, 0.05) is 17.4 Å². The number of H-pyrrole nitrogens is 1. The number of carbonyl (C=O) groups excluding carboxylic acids is 1. The van der Waals surface area contributed by atoms with Crippen LogP contribution >= 0.6 is 0 Å². The molecule has 2 heterocycles. The Hall–Kier alpha value is -2.34. The van der Waals surface area contributed by atoms with E-state index >= 15 is 0 Å². The van der Waals surface area contributed by atoms with Gasteiger partial charge in [-0.3, -0.25) is 9.89 Å². The number of hydrogen-bond donors (Lipinski definition) is 2. The predicted octanol–water partition coefficient (Wildman–Crippen LogP) is 1.84. The van der Waals surface area contributed by atoms with Gasteiger partial charge in [-0.2, -0.15) is 5.10 Å². The molecule has 1 aromatic heterocycles. The van der Waals surface area contributed by atoms with Gasteiger partial charge in [0.1, 0.15) is 5.75 Å². The van der Waals surface area contributed by atoms with Crippen LogP contribution in [0, 0.1) is 6.92 Å². The number of nitrogens with one attached hydrogen (secondary N) is 2. The van der Waals surface area contributed by atoms with Crippen molar-refractivity contribution in [3.8, 4) is 5.75 Å². The molecule has 6 nitrogen and oxygen atoms in total. The summed E-state index contributed by atoms with van der Waals surface area (Å²) >= 11 is 0. The van der Waals surface area contributed by atoms with E-state index in [1.54, 1.807) is 19.2 Å². The lowest BCUT2D eigenvalue weighted by molar-refractivity contribution is -0.0163. The van der Waals surface area contributed by atoms with Crippen LogP contribution < -0.4 is 10.1 Å². The quantitative estimate of drug-likeness (QED) is 0.862. The highest BCUT2D eigenvalue weighted by Gasteiger charge is 2.14. The fraction of sp³-hybridized carbons (Fsp3) is 0.231. The summed E-state index contributed by atoms with van der Waals surface area (Å²) in [6, 6.07) is 5.48. The summed E-state index contributed by atoms with van der Waals surface area (Å²) < 4.78 is 10.5. The number of rotatable bonds is 2. The number of aromatic amines is 1. The minimum atomic E-state index is -0.191. The second-order valence-corrected chi connectivity index (χ2v) is 4.27. The van der Waals surface area contributed by atoms with Gasteiger partial charge in [-0.05, 0) is 25.1 Å². The van der Waals surface area contributed by atoms with E-state index in [1.807, 2.05) is 12.1 Å². The molecule has 0 saturated carbocycles. The molecule has 0 spiro atoms. The minimum absolute atomic E-state index is 0.191. The molecule has 19 heavy (non-hydrogen) atoms. The van der Waals surface area contributed by atoms with Crippen molar-refractivity contribution >= 4 is 11.6 Å². The molecule has 0 unspecified atom stereocenters. The number of aryl methyl sites for hydroxylation is 1. The first-order valence-electron chi connectivity index (χ1n) is 5.89. The van der Waals surface area contributed by atoms with Crippen LogP contribution in [0.25, 0.3) is 0 Å². The molecule has 2 N–H and O–H groups in total. The number of fused-ring (bicyclic) bond motifs is 1. The highest BCUT2D eigenvalue weighted by molar-refractivity contribution is 6.04. The SMILES string of the molecule is Cc1n[nH]cc1C(=O)Nc1ccc2c(c1)COCO2. The molecule has 0 saturated heterocycles. The maximum atomic E-state index is 12.0. The fourth-order valence-electron chi connectivity index (χ4n) is 1.95. The maximum Gasteiger partial charge on any atom is 0.259 e. The molecule has 0 atom stereocenters. The fourth-order valence-corrected chi connectivity index (χ4v) is 1.95. The van der Waals surface area contributed by atoms with Crippen LogP contribution in [0.1, 0.15) is 21.6 Å². The Kier molecular flexibility index (Phi) is 2.92. The lowest BCUT2D eigenvalue weighted by Crippen LogP contribution is -2.14. The second-order valence-electron chi connectivity index (χ2n) is 4.27. The molecule has 6 heteroatoms. The van der Waals surface area contributed by atoms with Gasteiger partial charge in [-0.1, -0.05) is 0 Å². The smallest absolute Gasteiger partial charge is 0.259 e. The number of ether oxygens (including phenoxy) is 2. The molecule has 1 aromatic carbocycles. The van der Waals surface area contributed by atoms with E-state index in [-0.39, 0.29) is 12.7 Å². The Morgan fingerprint density at radius 3 is 3.16 bits per heavy atom. The third-order valence-electron chi connectivity index (χ3n) is 2.95. The summed E-state index contributed by atoms with van der Waals surface area (Å²) in [6.45, 7) is 2.54. The number of nitrogens with zero attached hydrogens (tertiary/aromatic N) is 1. The molecule has 1 aliphatic heterocycles. The molecule has 1 aliphatic rings. The lowest BCUT2D eigenvalue weighted by atomic mass is 10.1. The standard InChI is InChI=1S/C13H13N3O3/c1-8-11(5-14-16-8)13(17)15-10-2-3-12-9(4-10)6-18-7-19-12/h2-5H,6-7H2,1H3,(H,14,16)(H,15,17). The zero-order chi connectivity index (χ0) is 13.2. The van der Waals surface area contributed by atoms with E-state index in [4.69, 9.17) is 9.47 Å². The zero-order valence-corrected chi connectivity index (χ0v) is 10.4. The molecule has 0 bridgehead atoms. The topological polar surface area (TPSA) is 76.2 Å². The van der Waals surface area contributed by atoms with Crippen molar-refractivity contribution in [3.05, 3.63) is 41.2 Å². The van der Waals surface area contributed by atoms with E-state index < -0.39 is 0 Å². The molecule has 2 aromatic rings. The third-order valence-corrected chi connectivity index (χ3v) is 2.95. The van der Waals surface area contributed by atoms with Crippen LogP contribution in [-0.4, -0.2) is 22.9 Å². The van der Waals surface area contributed by atoms with E-state index in [2.05, 4.69) is 15.5 Å². The second kappa shape index (κ2) is 4.74. The number of hydrogen-bond acceptors (Lipinski definition) is 4. The predicted molar refractivity (Wildman–Crippen MR) is 68.0 cm³/mol. The van der Waals surface area contributed by atoms with Gasteiger partial charge in [0.25, 0.3) is 5.91 Å². The molecular weight excluding hydrogens is 246 g/mol. The van der Waals surface area contributed by atoms with Crippen molar-refractivity contribution < 1.29 is 14.3 Å². The van der Waals surface area contributed by atoms with Crippen molar-refractivity contribution in [1.29, 1.82) is 0 Å². The highest BCUT2D eigenvalue weighted by Crippen LogP contribution is 2.26. The summed E-state index contributed by atoms with van der Waals surface area (Å²) in [6.07, 6.45) is 1.58. The van der Waals surface area contributed by atoms with Crippen molar-refractivity contribution in [1.82, 2.24) is 10.2 Å². The molecule has 1 amide bonds. The number of aromatic nitrogens is 2. The van der Waals surface area contributed by atoms with Crippen molar-refractivity contribution in [2.45, 2.75) is 13.5 Å². The van der Waals surface area contributed by atoms with Gasteiger partial charge < -0.3 is 14.8 Å². The number of amides is 1. The van der Waals surface area contributed by atoms with Crippen LogP contribution in [0.4, 0.5) is 5.69 Å². The summed E-state index contributed by atoms with van der Waals surface area (Å²) in [5.74, 6) is 0.604. The summed E-state index contributed by atoms with van der Waals surface area (Å²) in [7, 11) is 0. The van der Waals surface area contributed by atoms with Crippen LogP contribution in [0.15, 0.2) is 24.4 Å². The Morgan fingerprint density at radius 2 is 2.37 bits per heavy atom. The average molecular weight is 259 g/mol. The van der Waals surface area contributed by atoms with Crippen LogP contribution in [0.5, 0.6) is 5.75 Å². The largest absolute Gasteiger partial charge is 0.467 e. The van der Waals surface area contributed by atoms with Gasteiger partial charge >= 0.3 is 0 Å². The van der Waals surface area contributed by atoms with E-state index in [1.165, 1.54) is 0 Å². The number of anilines is 1. The van der Waals surface area contributed by atoms with Crippen LogP contribution in [0.2, 0.25) is 0 Å². The Labute approximate surface area is 109 Å². The Bertz CT molecular complexity index is 621. The summed E-state index contributed by atoms with van der Waals surface area (Å²) in [5, 5.41) is 9.41. The van der Waals surface area contributed by atoms with E-state index in [0.29, 0.717) is 23.6 Å². The summed E-state index contributed by atoms with van der Waals surface area (Å²) in [4.78, 5) is 12.0. The van der Waals surface area contributed by atoms with Crippen molar-refractivity contribution in [2.75, 3.05) is 12.1 Å². The monoisotopic (exact) mass is 259 g/mol. The molecule has 0 radical (unpaired) electrons. The van der Waals surface area contributed by atoms with Gasteiger partial charge in [0.2, 0.25) is 0 Å². The molecule has 0 aliphatic carbocycles. The molecule has 98 valence electrons. The molecule has 0 fully saturated rings. The normalized spacial score (nSPS) is 13.5.